The van der Waals surface area contributed by atoms with Crippen LogP contribution >= 0.6 is 50.5 Å². The average Bonchev–Trinajstić information content (AvgIpc) is 3.31. The Morgan fingerprint density at radius 1 is 0.914 bits per heavy atom. The van der Waals surface area contributed by atoms with E-state index in [4.69, 9.17) is 23.2 Å². The SMILES string of the molecule is O=C(Nc1cccc(Cl)c1Cl)N[C@H](Cc1ccccc1)C(=O)Nc1nnc(-c2ccc(Br)cc2)s1. The molecule has 0 aliphatic rings. The zero-order chi connectivity index (χ0) is 24.8. The molecule has 0 aliphatic heterocycles. The van der Waals surface area contributed by atoms with Gasteiger partial charge >= 0.3 is 6.03 Å². The molecule has 7 nitrogen and oxygen atoms in total. The number of carbonyl (C=O) groups excluding carboxylic acids is 2. The molecule has 4 aromatic rings. The van der Waals surface area contributed by atoms with Gasteiger partial charge in [-0.25, -0.2) is 4.79 Å². The minimum Gasteiger partial charge on any atom is -0.326 e. The van der Waals surface area contributed by atoms with E-state index in [0.29, 0.717) is 20.8 Å². The number of anilines is 2. The van der Waals surface area contributed by atoms with E-state index in [9.17, 15) is 9.59 Å². The number of nitrogens with one attached hydrogen (secondary N) is 3. The highest BCUT2D eigenvalue weighted by molar-refractivity contribution is 9.10. The quantitative estimate of drug-likeness (QED) is 0.225. The Bertz CT molecular complexity index is 1340. The Hall–Kier alpha value is -2.98. The first kappa shape index (κ1) is 25.1. The van der Waals surface area contributed by atoms with E-state index in [1.54, 1.807) is 18.2 Å². The van der Waals surface area contributed by atoms with Crippen molar-refractivity contribution in [3.05, 3.63) is 92.9 Å². The largest absolute Gasteiger partial charge is 0.326 e. The number of urea groups is 1. The Morgan fingerprint density at radius 2 is 1.66 bits per heavy atom. The number of amides is 3. The summed E-state index contributed by atoms with van der Waals surface area (Å²) in [7, 11) is 0. The number of benzene rings is 3. The third-order valence-electron chi connectivity index (χ3n) is 4.85. The van der Waals surface area contributed by atoms with Crippen LogP contribution in [0.2, 0.25) is 10.0 Å². The zero-order valence-electron chi connectivity index (χ0n) is 18.0. The van der Waals surface area contributed by atoms with E-state index >= 15 is 0 Å². The van der Waals surface area contributed by atoms with Crippen molar-refractivity contribution >= 4 is 73.2 Å². The van der Waals surface area contributed by atoms with Gasteiger partial charge in [0.25, 0.3) is 0 Å². The van der Waals surface area contributed by atoms with Crippen molar-refractivity contribution in [2.75, 3.05) is 10.6 Å². The molecule has 3 aromatic carbocycles. The molecule has 0 saturated heterocycles. The second-order valence-electron chi connectivity index (χ2n) is 7.35. The fourth-order valence-corrected chi connectivity index (χ4v) is 4.52. The molecule has 0 unspecified atom stereocenters. The highest BCUT2D eigenvalue weighted by Crippen LogP contribution is 2.30. The normalized spacial score (nSPS) is 11.5. The molecule has 0 bridgehead atoms. The lowest BCUT2D eigenvalue weighted by molar-refractivity contribution is -0.117. The fourth-order valence-electron chi connectivity index (χ4n) is 3.15. The van der Waals surface area contributed by atoms with E-state index in [0.717, 1.165) is 15.6 Å². The molecule has 4 rings (SSSR count). The van der Waals surface area contributed by atoms with Gasteiger partial charge in [0.05, 0.1) is 15.7 Å². The Balaban J connectivity index is 1.48. The molecule has 11 heteroatoms. The summed E-state index contributed by atoms with van der Waals surface area (Å²) in [5, 5.41) is 17.9. The number of halogens is 3. The molecule has 0 saturated carbocycles. The smallest absolute Gasteiger partial charge is 0.319 e. The van der Waals surface area contributed by atoms with Gasteiger partial charge in [0, 0.05) is 16.5 Å². The highest BCUT2D eigenvalue weighted by Gasteiger charge is 2.23. The van der Waals surface area contributed by atoms with Crippen LogP contribution in [0.5, 0.6) is 0 Å². The summed E-state index contributed by atoms with van der Waals surface area (Å²) < 4.78 is 0.950. The second-order valence-corrected chi connectivity index (χ2v) is 10.0. The lowest BCUT2D eigenvalue weighted by Crippen LogP contribution is -2.47. The molecule has 0 spiro atoms. The molecule has 178 valence electrons. The molecule has 1 aromatic heterocycles. The van der Waals surface area contributed by atoms with Gasteiger partial charge in [-0.15, -0.1) is 10.2 Å². The van der Waals surface area contributed by atoms with Crippen LogP contribution in [0.3, 0.4) is 0 Å². The van der Waals surface area contributed by atoms with Crippen LogP contribution in [0.1, 0.15) is 5.56 Å². The van der Waals surface area contributed by atoms with E-state index in [2.05, 4.69) is 42.1 Å². The average molecular weight is 591 g/mol. The number of rotatable bonds is 7. The number of carbonyl (C=O) groups is 2. The summed E-state index contributed by atoms with van der Waals surface area (Å²) in [5.41, 5.74) is 2.09. The summed E-state index contributed by atoms with van der Waals surface area (Å²) >= 11 is 16.8. The molecular weight excluding hydrogens is 573 g/mol. The van der Waals surface area contributed by atoms with Crippen molar-refractivity contribution < 1.29 is 9.59 Å². The second kappa shape index (κ2) is 11.6. The first-order chi connectivity index (χ1) is 16.9. The predicted octanol–water partition coefficient (Wildman–Crippen LogP) is 6.65. The van der Waals surface area contributed by atoms with Crippen LogP contribution < -0.4 is 16.0 Å². The summed E-state index contributed by atoms with van der Waals surface area (Å²) in [6.07, 6.45) is 0.266. The lowest BCUT2D eigenvalue weighted by atomic mass is 10.1. The third kappa shape index (κ3) is 6.79. The lowest BCUT2D eigenvalue weighted by Gasteiger charge is -2.18. The maximum Gasteiger partial charge on any atom is 0.319 e. The maximum atomic E-state index is 13.1. The number of nitrogens with zero attached hydrogens (tertiary/aromatic N) is 2. The minimum atomic E-state index is -0.893. The van der Waals surface area contributed by atoms with E-state index in [1.807, 2.05) is 54.6 Å². The standard InChI is InChI=1S/C24H18BrCl2N5O2S/c25-16-11-9-15(10-12-16)22-31-32-24(35-22)30-21(33)19(13-14-5-2-1-3-6-14)29-23(34)28-18-8-4-7-17(26)20(18)27/h1-12,19H,13H2,(H2,28,29,34)(H,30,32,33)/t19-/m1/s1. The van der Waals surface area contributed by atoms with Crippen LogP contribution in [-0.2, 0) is 11.2 Å². The Morgan fingerprint density at radius 3 is 2.40 bits per heavy atom. The predicted molar refractivity (Wildman–Crippen MR) is 144 cm³/mol. The molecule has 35 heavy (non-hydrogen) atoms. The topological polar surface area (TPSA) is 96.0 Å². The zero-order valence-corrected chi connectivity index (χ0v) is 21.9. The first-order valence-electron chi connectivity index (χ1n) is 10.3. The van der Waals surface area contributed by atoms with E-state index in [1.165, 1.54) is 11.3 Å². The molecule has 1 atom stereocenters. The Labute approximate surface area is 224 Å². The van der Waals surface area contributed by atoms with Crippen LogP contribution in [-0.4, -0.2) is 28.2 Å². The van der Waals surface area contributed by atoms with Gasteiger partial charge < -0.3 is 10.6 Å². The molecule has 3 N–H and O–H groups in total. The number of hydrogen-bond donors (Lipinski definition) is 3. The molecule has 1 heterocycles. The maximum absolute atomic E-state index is 13.1. The van der Waals surface area contributed by atoms with Crippen molar-refractivity contribution in [3.63, 3.8) is 0 Å². The van der Waals surface area contributed by atoms with Crippen LogP contribution in [0.15, 0.2) is 77.3 Å². The summed E-state index contributed by atoms with van der Waals surface area (Å²) in [5.74, 6) is -0.431. The van der Waals surface area contributed by atoms with E-state index in [-0.39, 0.29) is 11.4 Å². The molecule has 3 amide bonds. The number of hydrogen-bond acceptors (Lipinski definition) is 5. The van der Waals surface area contributed by atoms with Gasteiger partial charge in [0.15, 0.2) is 0 Å². The Kier molecular flexibility index (Phi) is 8.35. The molecule has 0 aliphatic carbocycles. The monoisotopic (exact) mass is 589 g/mol. The molecular formula is C24H18BrCl2N5O2S. The van der Waals surface area contributed by atoms with Crippen molar-refractivity contribution in [2.45, 2.75) is 12.5 Å². The first-order valence-corrected chi connectivity index (χ1v) is 12.7. The van der Waals surface area contributed by atoms with Gasteiger partial charge in [-0.3, -0.25) is 10.1 Å². The van der Waals surface area contributed by atoms with Gasteiger partial charge in [-0.2, -0.15) is 0 Å². The van der Waals surface area contributed by atoms with Crippen LogP contribution in [0, 0.1) is 0 Å². The van der Waals surface area contributed by atoms with Crippen molar-refractivity contribution in [2.24, 2.45) is 0 Å². The van der Waals surface area contributed by atoms with Gasteiger partial charge in [0.1, 0.15) is 11.0 Å². The number of aromatic nitrogens is 2. The third-order valence-corrected chi connectivity index (χ3v) is 7.09. The summed E-state index contributed by atoms with van der Waals surface area (Å²) in [6.45, 7) is 0. The molecule has 0 radical (unpaired) electrons. The molecule has 0 fully saturated rings. The van der Waals surface area contributed by atoms with Gasteiger partial charge in [-0.05, 0) is 29.8 Å². The summed E-state index contributed by atoms with van der Waals surface area (Å²) in [6, 6.07) is 20.4. The highest BCUT2D eigenvalue weighted by atomic mass is 79.9. The minimum absolute atomic E-state index is 0.211. The van der Waals surface area contributed by atoms with Crippen LogP contribution in [0.4, 0.5) is 15.6 Å². The van der Waals surface area contributed by atoms with E-state index < -0.39 is 18.0 Å². The van der Waals surface area contributed by atoms with Crippen LogP contribution in [0.25, 0.3) is 10.6 Å². The van der Waals surface area contributed by atoms with Crippen molar-refractivity contribution in [1.82, 2.24) is 15.5 Å². The van der Waals surface area contributed by atoms with Crippen molar-refractivity contribution in [1.29, 1.82) is 0 Å². The van der Waals surface area contributed by atoms with Gasteiger partial charge in [0.2, 0.25) is 11.0 Å². The fraction of sp³-hybridized carbons (Fsp3) is 0.0833. The summed E-state index contributed by atoms with van der Waals surface area (Å²) in [4.78, 5) is 25.9. The van der Waals surface area contributed by atoms with Gasteiger partial charge in [-0.1, -0.05) is 99.0 Å². The van der Waals surface area contributed by atoms with Crippen molar-refractivity contribution in [3.8, 4) is 10.6 Å².